The average Bonchev–Trinajstić information content (AvgIpc) is 2.77. The van der Waals surface area contributed by atoms with Crippen molar-refractivity contribution < 1.29 is 28.9 Å². The van der Waals surface area contributed by atoms with Crippen LogP contribution in [0.3, 0.4) is 0 Å². The van der Waals surface area contributed by atoms with Crippen LogP contribution in [0, 0.1) is 10.2 Å². The van der Waals surface area contributed by atoms with E-state index in [-0.39, 0.29) is 0 Å². The molecule has 104 valence electrons. The van der Waals surface area contributed by atoms with Gasteiger partial charge in [0, 0.05) is 12.0 Å². The van der Waals surface area contributed by atoms with Crippen molar-refractivity contribution in [2.24, 2.45) is 0 Å². The lowest BCUT2D eigenvalue weighted by Crippen LogP contribution is -2.68. The van der Waals surface area contributed by atoms with Crippen molar-refractivity contribution in [1.29, 1.82) is 0 Å². The van der Waals surface area contributed by atoms with Gasteiger partial charge >= 0.3 is 0 Å². The van der Waals surface area contributed by atoms with Gasteiger partial charge in [-0.15, -0.1) is 10.2 Å². The van der Waals surface area contributed by atoms with E-state index in [0.717, 1.165) is 0 Å². The van der Waals surface area contributed by atoms with Crippen LogP contribution < -0.4 is 18.6 Å². The van der Waals surface area contributed by atoms with Gasteiger partial charge in [-0.3, -0.25) is 0 Å². The molecule has 0 N–H and O–H groups in total. The maximum atomic E-state index is 8.49. The highest BCUT2D eigenvalue weighted by molar-refractivity contribution is 7.32. The number of hydrogen-bond donors (Lipinski definition) is 0. The molecule has 0 radical (unpaired) electrons. The monoisotopic (exact) mass is 320 g/mol. The molecule has 1 aromatic heterocycles. The molecule has 4 nitrogen and oxygen atoms in total. The van der Waals surface area contributed by atoms with Crippen LogP contribution in [0.5, 0.6) is 0 Å². The summed E-state index contributed by atoms with van der Waals surface area (Å²) in [5.74, 6) is 0. The zero-order valence-corrected chi connectivity index (χ0v) is 12.6. The maximum Gasteiger partial charge on any atom is 0.254 e. The molecule has 0 fully saturated rings. The Morgan fingerprint density at radius 1 is 1.11 bits per heavy atom. The SMILES string of the molecule is CCCc1sc(-c2ccccc2)c[s+]1.[O-][Cl+3]([O-])([O-])[O-]. The molecule has 0 saturated carbocycles. The summed E-state index contributed by atoms with van der Waals surface area (Å²) in [6.45, 7) is 2.23. The molecular weight excluding hydrogens is 308 g/mol. The minimum Gasteiger partial charge on any atom is -0.222 e. The van der Waals surface area contributed by atoms with E-state index in [0.29, 0.717) is 0 Å². The smallest absolute Gasteiger partial charge is 0.222 e. The summed E-state index contributed by atoms with van der Waals surface area (Å²) in [6.07, 6.45) is 2.47. The summed E-state index contributed by atoms with van der Waals surface area (Å²) in [6, 6.07) is 10.6. The van der Waals surface area contributed by atoms with Gasteiger partial charge in [-0.25, -0.2) is 18.6 Å². The zero-order valence-electron chi connectivity index (χ0n) is 10.2. The third-order valence-corrected chi connectivity index (χ3v) is 4.55. The standard InChI is InChI=1S/C12H13S2.ClHO4/c1-2-6-12-13-9-11(14-12)10-7-4-3-5-8-10;2-1(3,4)5/h3-5,7-9H,2,6H2,1H3;(H,2,3,4,5)/q+1;/p-1. The highest BCUT2D eigenvalue weighted by Gasteiger charge is 2.13. The third-order valence-electron chi connectivity index (χ3n) is 2.03. The second-order valence-corrected chi connectivity index (χ2v) is 6.68. The predicted octanol–water partition coefficient (Wildman–Crippen LogP) is -0.0458. The first-order valence-electron chi connectivity index (χ1n) is 5.48. The van der Waals surface area contributed by atoms with E-state index >= 15 is 0 Å². The molecule has 0 amide bonds. The number of benzene rings is 1. The first kappa shape index (κ1) is 16.5. The van der Waals surface area contributed by atoms with Crippen molar-refractivity contribution >= 4 is 22.7 Å². The molecule has 7 heteroatoms. The fourth-order valence-corrected chi connectivity index (χ4v) is 3.78. The largest absolute Gasteiger partial charge is 0.254 e. The van der Waals surface area contributed by atoms with E-state index in [1.54, 1.807) is 0 Å². The Morgan fingerprint density at radius 2 is 1.68 bits per heavy atom. The minimum absolute atomic E-state index is 1.22. The van der Waals surface area contributed by atoms with Crippen molar-refractivity contribution in [1.82, 2.24) is 0 Å². The van der Waals surface area contributed by atoms with E-state index < -0.39 is 10.2 Å². The van der Waals surface area contributed by atoms with E-state index in [2.05, 4.69) is 42.6 Å². The Morgan fingerprint density at radius 3 is 2.21 bits per heavy atom. The number of hydrogen-bond acceptors (Lipinski definition) is 5. The van der Waals surface area contributed by atoms with Crippen molar-refractivity contribution in [3.05, 3.63) is 39.9 Å². The molecule has 2 rings (SSSR count). The minimum atomic E-state index is -4.94. The van der Waals surface area contributed by atoms with Crippen LogP contribution in [0.1, 0.15) is 17.5 Å². The molecule has 0 atom stereocenters. The predicted molar refractivity (Wildman–Crippen MR) is 66.0 cm³/mol. The molecule has 1 heterocycles. The first-order valence-corrected chi connectivity index (χ1v) is 8.41. The summed E-state index contributed by atoms with van der Waals surface area (Å²) in [7, 11) is -4.94. The van der Waals surface area contributed by atoms with Gasteiger partial charge in [-0.1, -0.05) is 37.3 Å². The van der Waals surface area contributed by atoms with Gasteiger partial charge in [0.15, 0.2) is 4.88 Å². The Kier molecular flexibility index (Phi) is 6.81. The molecular formula is C12H13ClO4S2. The Balaban J connectivity index is 0.000000312. The molecule has 19 heavy (non-hydrogen) atoms. The molecule has 0 spiro atoms. The fraction of sp³-hybridized carbons (Fsp3) is 0.250. The normalized spacial score (nSPS) is 10.8. The molecule has 0 bridgehead atoms. The Labute approximate surface area is 122 Å². The van der Waals surface area contributed by atoms with Gasteiger partial charge in [0.05, 0.1) is 22.7 Å². The summed E-state index contributed by atoms with van der Waals surface area (Å²) in [4.78, 5) is 1.40. The molecule has 0 aliphatic heterocycles. The fourth-order valence-electron chi connectivity index (χ4n) is 1.33. The van der Waals surface area contributed by atoms with E-state index in [1.807, 2.05) is 22.7 Å². The van der Waals surface area contributed by atoms with Crippen molar-refractivity contribution in [3.63, 3.8) is 0 Å². The van der Waals surface area contributed by atoms with Crippen LogP contribution in [-0.2, 0) is 6.42 Å². The second-order valence-electron chi connectivity index (χ2n) is 3.57. The van der Waals surface area contributed by atoms with E-state index in [4.69, 9.17) is 18.6 Å². The molecule has 0 saturated heterocycles. The van der Waals surface area contributed by atoms with Gasteiger partial charge in [-0.2, -0.15) is 0 Å². The lowest BCUT2D eigenvalue weighted by Gasteiger charge is -2.17. The van der Waals surface area contributed by atoms with Crippen LogP contribution in [-0.4, -0.2) is 0 Å². The van der Waals surface area contributed by atoms with Crippen molar-refractivity contribution in [2.75, 3.05) is 0 Å². The highest BCUT2D eigenvalue weighted by atomic mass is 35.7. The number of halogens is 1. The molecule has 0 unspecified atom stereocenters. The quantitative estimate of drug-likeness (QED) is 0.741. The lowest BCUT2D eigenvalue weighted by atomic mass is 10.2. The van der Waals surface area contributed by atoms with E-state index in [1.165, 1.54) is 27.5 Å². The molecule has 0 aliphatic carbocycles. The zero-order chi connectivity index (χ0) is 14.3. The van der Waals surface area contributed by atoms with Crippen LogP contribution in [0.25, 0.3) is 10.4 Å². The van der Waals surface area contributed by atoms with Crippen LogP contribution in [0.4, 0.5) is 0 Å². The average molecular weight is 321 g/mol. The summed E-state index contributed by atoms with van der Waals surface area (Å²) in [5.41, 5.74) is 1.34. The van der Waals surface area contributed by atoms with Gasteiger partial charge in [0.2, 0.25) is 0 Å². The second kappa shape index (κ2) is 7.86. The van der Waals surface area contributed by atoms with Crippen molar-refractivity contribution in [2.45, 2.75) is 19.8 Å². The van der Waals surface area contributed by atoms with Gasteiger partial charge in [0.25, 0.3) is 4.19 Å². The summed E-state index contributed by atoms with van der Waals surface area (Å²) in [5, 5.41) is 2.27. The Bertz CT molecular complexity index is 476. The van der Waals surface area contributed by atoms with E-state index in [9.17, 15) is 0 Å². The summed E-state index contributed by atoms with van der Waals surface area (Å²) < 4.78 is 35.5. The molecule has 1 aromatic carbocycles. The topological polar surface area (TPSA) is 92.2 Å². The molecule has 2 aromatic rings. The highest BCUT2D eigenvalue weighted by Crippen LogP contribution is 2.31. The van der Waals surface area contributed by atoms with Gasteiger partial charge in [-0.05, 0) is 6.42 Å². The van der Waals surface area contributed by atoms with Crippen LogP contribution in [0.15, 0.2) is 35.7 Å². The van der Waals surface area contributed by atoms with Crippen molar-refractivity contribution in [3.8, 4) is 10.4 Å². The Hall–Kier alpha value is -0.600. The lowest BCUT2D eigenvalue weighted by molar-refractivity contribution is -2.00. The maximum absolute atomic E-state index is 8.49. The summed E-state index contributed by atoms with van der Waals surface area (Å²) >= 11 is 3.82. The van der Waals surface area contributed by atoms with Crippen LogP contribution in [0.2, 0.25) is 0 Å². The van der Waals surface area contributed by atoms with Gasteiger partial charge < -0.3 is 0 Å². The van der Waals surface area contributed by atoms with Gasteiger partial charge in [0.1, 0.15) is 5.38 Å². The van der Waals surface area contributed by atoms with Crippen LogP contribution >= 0.6 is 22.7 Å². The third kappa shape index (κ3) is 7.54. The number of rotatable bonds is 3. The number of aryl methyl sites for hydroxylation is 1. The molecule has 0 aliphatic rings. The first-order chi connectivity index (χ1) is 8.90.